The van der Waals surface area contributed by atoms with Gasteiger partial charge in [-0.05, 0) is 80.1 Å². The molecule has 1 amide bonds. The van der Waals surface area contributed by atoms with E-state index in [1.54, 1.807) is 0 Å². The Hall–Kier alpha value is -3.80. The highest BCUT2D eigenvalue weighted by molar-refractivity contribution is 6.05. The van der Waals surface area contributed by atoms with Crippen LogP contribution in [0.1, 0.15) is 29.8 Å². The van der Waals surface area contributed by atoms with E-state index in [9.17, 15) is 4.79 Å². The summed E-state index contributed by atoms with van der Waals surface area (Å²) < 4.78 is 5.59. The molecule has 0 saturated heterocycles. The monoisotopic (exact) mass is 426 g/mol. The molecule has 0 fully saturated rings. The first-order valence-corrected chi connectivity index (χ1v) is 11.1. The molecule has 0 aliphatic carbocycles. The molecule has 1 aliphatic heterocycles. The lowest BCUT2D eigenvalue weighted by Crippen LogP contribution is -2.21. The van der Waals surface area contributed by atoms with Crippen LogP contribution in [0.2, 0.25) is 0 Å². The molecule has 0 atom stereocenters. The number of carbonyl (C=O) groups excluding carboxylic acids is 1. The molecule has 4 aromatic rings. The van der Waals surface area contributed by atoms with Crippen LogP contribution in [0.5, 0.6) is 5.75 Å². The topological polar surface area (TPSA) is 70.2 Å². The molecule has 2 N–H and O–H groups in total. The highest BCUT2D eigenvalue weighted by Crippen LogP contribution is 2.30. The van der Waals surface area contributed by atoms with Crippen molar-refractivity contribution < 1.29 is 9.53 Å². The van der Waals surface area contributed by atoms with Gasteiger partial charge in [0.1, 0.15) is 11.6 Å². The van der Waals surface area contributed by atoms with Gasteiger partial charge in [-0.2, -0.15) is 0 Å². The molecule has 2 heterocycles. The van der Waals surface area contributed by atoms with Crippen LogP contribution in [0.4, 0.5) is 11.4 Å². The van der Waals surface area contributed by atoms with Gasteiger partial charge in [-0.15, -0.1) is 0 Å². The van der Waals surface area contributed by atoms with Crippen molar-refractivity contribution in [3.63, 3.8) is 0 Å². The Labute approximate surface area is 187 Å². The average molecular weight is 427 g/mol. The van der Waals surface area contributed by atoms with E-state index in [4.69, 9.17) is 9.72 Å². The Morgan fingerprint density at radius 3 is 2.66 bits per heavy atom. The van der Waals surface area contributed by atoms with Crippen LogP contribution in [0.15, 0.2) is 60.7 Å². The first-order valence-electron chi connectivity index (χ1n) is 11.1. The zero-order chi connectivity index (χ0) is 22.1. The highest BCUT2D eigenvalue weighted by Gasteiger charge is 2.15. The number of aromatic amines is 1. The molecule has 6 nitrogen and oxygen atoms in total. The normalized spacial score (nSPS) is 12.4. The molecule has 1 aromatic heterocycles. The summed E-state index contributed by atoms with van der Waals surface area (Å²) >= 11 is 0. The van der Waals surface area contributed by atoms with Crippen LogP contribution in [0.25, 0.3) is 22.4 Å². The fraction of sp³-hybridized carbons (Fsp3) is 0.231. The quantitative estimate of drug-likeness (QED) is 0.441. The molecule has 0 saturated carbocycles. The van der Waals surface area contributed by atoms with Crippen LogP contribution in [-0.2, 0) is 6.42 Å². The number of H-pyrrole nitrogens is 1. The molecule has 6 heteroatoms. The Kier molecular flexibility index (Phi) is 5.27. The maximum atomic E-state index is 12.7. The van der Waals surface area contributed by atoms with Gasteiger partial charge in [0, 0.05) is 42.0 Å². The summed E-state index contributed by atoms with van der Waals surface area (Å²) in [7, 11) is 0. The van der Waals surface area contributed by atoms with Gasteiger partial charge in [0.15, 0.2) is 0 Å². The third-order valence-electron chi connectivity index (χ3n) is 5.96. The minimum atomic E-state index is -0.131. The summed E-state index contributed by atoms with van der Waals surface area (Å²) in [5.41, 5.74) is 6.47. The van der Waals surface area contributed by atoms with Gasteiger partial charge in [-0.1, -0.05) is 0 Å². The maximum Gasteiger partial charge on any atom is 0.255 e. The lowest BCUT2D eigenvalue weighted by atomic mass is 10.1. The van der Waals surface area contributed by atoms with Crippen LogP contribution in [0, 0.1) is 0 Å². The van der Waals surface area contributed by atoms with Gasteiger partial charge in [0.05, 0.1) is 17.6 Å². The number of anilines is 2. The summed E-state index contributed by atoms with van der Waals surface area (Å²) in [5.74, 6) is 1.64. The second-order valence-corrected chi connectivity index (χ2v) is 7.91. The van der Waals surface area contributed by atoms with Crippen molar-refractivity contribution in [2.75, 3.05) is 29.9 Å². The lowest BCUT2D eigenvalue weighted by molar-refractivity contribution is 0.102. The van der Waals surface area contributed by atoms with Crippen molar-refractivity contribution in [1.29, 1.82) is 0 Å². The number of imidazole rings is 1. The molecule has 32 heavy (non-hydrogen) atoms. The number of nitrogens with zero attached hydrogens (tertiary/aromatic N) is 2. The summed E-state index contributed by atoms with van der Waals surface area (Å²) in [6.45, 7) is 6.86. The van der Waals surface area contributed by atoms with Gasteiger partial charge in [0.25, 0.3) is 5.91 Å². The van der Waals surface area contributed by atoms with Crippen molar-refractivity contribution in [2.45, 2.75) is 20.3 Å². The number of amides is 1. The molecule has 1 aliphatic rings. The SMILES string of the molecule is CCN(CC)c1ccc(C(=O)Nc2ccc3nc(-c4ccc5c(c4)CCO5)[nH]c3c2)cc1. The number of nitrogens with one attached hydrogen (secondary N) is 2. The Morgan fingerprint density at radius 2 is 1.88 bits per heavy atom. The molecule has 0 spiro atoms. The van der Waals surface area contributed by atoms with E-state index in [0.717, 1.165) is 65.7 Å². The second kappa shape index (κ2) is 8.38. The number of hydrogen-bond donors (Lipinski definition) is 2. The number of hydrogen-bond acceptors (Lipinski definition) is 4. The summed E-state index contributed by atoms with van der Waals surface area (Å²) in [6, 6.07) is 19.6. The van der Waals surface area contributed by atoms with Crippen LogP contribution in [0.3, 0.4) is 0 Å². The molecule has 0 bridgehead atoms. The fourth-order valence-electron chi connectivity index (χ4n) is 4.17. The molecule has 0 radical (unpaired) electrons. The van der Waals surface area contributed by atoms with E-state index in [-0.39, 0.29) is 5.91 Å². The molecule has 3 aromatic carbocycles. The number of benzene rings is 3. The van der Waals surface area contributed by atoms with Crippen LogP contribution in [-0.4, -0.2) is 35.6 Å². The second-order valence-electron chi connectivity index (χ2n) is 7.91. The van der Waals surface area contributed by atoms with E-state index in [2.05, 4.69) is 35.1 Å². The highest BCUT2D eigenvalue weighted by atomic mass is 16.5. The molecule has 5 rings (SSSR count). The lowest BCUT2D eigenvalue weighted by Gasteiger charge is -2.21. The van der Waals surface area contributed by atoms with Gasteiger partial charge in [-0.3, -0.25) is 4.79 Å². The van der Waals surface area contributed by atoms with Gasteiger partial charge >= 0.3 is 0 Å². The molecular weight excluding hydrogens is 400 g/mol. The van der Waals surface area contributed by atoms with Crippen LogP contribution < -0.4 is 15.0 Å². The molecule has 0 unspecified atom stereocenters. The zero-order valence-electron chi connectivity index (χ0n) is 18.3. The van der Waals surface area contributed by atoms with Crippen molar-refractivity contribution in [1.82, 2.24) is 9.97 Å². The van der Waals surface area contributed by atoms with Crippen molar-refractivity contribution in [3.8, 4) is 17.1 Å². The van der Waals surface area contributed by atoms with Crippen molar-refractivity contribution >= 4 is 28.3 Å². The first-order chi connectivity index (χ1) is 15.6. The Morgan fingerprint density at radius 1 is 1.06 bits per heavy atom. The number of rotatable bonds is 6. The summed E-state index contributed by atoms with van der Waals surface area (Å²) in [4.78, 5) is 23.1. The Bertz CT molecular complexity index is 1270. The van der Waals surface area contributed by atoms with Crippen molar-refractivity contribution in [2.24, 2.45) is 0 Å². The standard InChI is InChI=1S/C26H26N4O2/c1-3-30(4-2)21-9-5-17(6-10-21)26(31)27-20-8-11-22-23(16-20)29-25(28-22)19-7-12-24-18(15-19)13-14-32-24/h5-12,15-16H,3-4,13-14H2,1-2H3,(H,27,31)(H,28,29). The minimum absolute atomic E-state index is 0.131. The van der Waals surface area contributed by atoms with Gasteiger partial charge in [-0.25, -0.2) is 4.98 Å². The largest absolute Gasteiger partial charge is 0.493 e. The van der Waals surface area contributed by atoms with E-state index in [1.165, 1.54) is 5.56 Å². The molecular formula is C26H26N4O2. The Balaban J connectivity index is 1.34. The predicted octanol–water partition coefficient (Wildman–Crippen LogP) is 5.26. The predicted molar refractivity (Wildman–Crippen MR) is 129 cm³/mol. The van der Waals surface area contributed by atoms with E-state index < -0.39 is 0 Å². The summed E-state index contributed by atoms with van der Waals surface area (Å²) in [5, 5.41) is 2.99. The van der Waals surface area contributed by atoms with Gasteiger partial charge < -0.3 is 19.9 Å². The number of fused-ring (bicyclic) bond motifs is 2. The molecule has 162 valence electrons. The average Bonchev–Trinajstić information content (AvgIpc) is 3.46. The number of carbonyl (C=O) groups is 1. The van der Waals surface area contributed by atoms with Crippen LogP contribution >= 0.6 is 0 Å². The fourth-order valence-corrected chi connectivity index (χ4v) is 4.17. The smallest absolute Gasteiger partial charge is 0.255 e. The van der Waals surface area contributed by atoms with E-state index >= 15 is 0 Å². The first kappa shape index (κ1) is 20.1. The number of aromatic nitrogens is 2. The third kappa shape index (κ3) is 3.80. The van der Waals surface area contributed by atoms with E-state index in [1.807, 2.05) is 54.6 Å². The number of ether oxygens (including phenoxy) is 1. The van der Waals surface area contributed by atoms with Gasteiger partial charge in [0.2, 0.25) is 0 Å². The minimum Gasteiger partial charge on any atom is -0.493 e. The maximum absolute atomic E-state index is 12.7. The third-order valence-corrected chi connectivity index (χ3v) is 5.96. The van der Waals surface area contributed by atoms with Crippen molar-refractivity contribution in [3.05, 3.63) is 71.8 Å². The van der Waals surface area contributed by atoms with E-state index in [0.29, 0.717) is 5.56 Å². The summed E-state index contributed by atoms with van der Waals surface area (Å²) in [6.07, 6.45) is 0.926. The zero-order valence-corrected chi connectivity index (χ0v) is 18.3.